The Morgan fingerprint density at radius 2 is 1.59 bits per heavy atom. The van der Waals surface area contributed by atoms with Crippen molar-refractivity contribution in [2.45, 2.75) is 25.9 Å². The van der Waals surface area contributed by atoms with Gasteiger partial charge in [-0.1, -0.05) is 0 Å². The summed E-state index contributed by atoms with van der Waals surface area (Å²) in [4.78, 5) is 0. The molecule has 0 radical (unpaired) electrons. The smallest absolute Gasteiger partial charge is 0.377 e. The van der Waals surface area contributed by atoms with Crippen LogP contribution in [0, 0.1) is 6.92 Å². The lowest BCUT2D eigenvalue weighted by molar-refractivity contribution is -0.697. The first-order valence-electron chi connectivity index (χ1n) is 5.77. The number of pyridine rings is 1. The van der Waals surface area contributed by atoms with E-state index in [0.29, 0.717) is 0 Å². The first kappa shape index (κ1) is 14.3. The van der Waals surface area contributed by atoms with E-state index in [0.717, 1.165) is 19.0 Å². The molecule has 0 amide bonds. The van der Waals surface area contributed by atoms with Crippen LogP contribution >= 0.6 is 0 Å². The van der Waals surface area contributed by atoms with Crippen molar-refractivity contribution in [2.24, 2.45) is 0 Å². The Morgan fingerprint density at radius 1 is 1.06 bits per heavy atom. The molecule has 1 rings (SSSR count). The van der Waals surface area contributed by atoms with Gasteiger partial charge in [-0.05, 0) is 12.5 Å². The van der Waals surface area contributed by atoms with Crippen LogP contribution in [0.25, 0.3) is 0 Å². The maximum Gasteiger partial charge on any atom is 0.500 e. The van der Waals surface area contributed by atoms with E-state index >= 15 is 0 Å². The molecule has 0 bridgehead atoms. The maximum atomic E-state index is 5.38. The molecule has 0 atom stereocenters. The Morgan fingerprint density at radius 3 is 2.06 bits per heavy atom. The van der Waals surface area contributed by atoms with Gasteiger partial charge in [-0.3, -0.25) is 0 Å². The highest BCUT2D eigenvalue weighted by Crippen LogP contribution is 2.14. The Kier molecular flexibility index (Phi) is 5.77. The van der Waals surface area contributed by atoms with Crippen molar-refractivity contribution in [3.05, 3.63) is 30.1 Å². The molecule has 0 aliphatic rings. The molecule has 0 N–H and O–H groups in total. The summed E-state index contributed by atoms with van der Waals surface area (Å²) < 4.78 is 18.3. The molecule has 17 heavy (non-hydrogen) atoms. The summed E-state index contributed by atoms with van der Waals surface area (Å²) in [6.07, 6.45) is 5.16. The molecular formula is C12H22NO3Si+. The van der Waals surface area contributed by atoms with Gasteiger partial charge in [-0.15, -0.1) is 0 Å². The zero-order valence-electron chi connectivity index (χ0n) is 11.1. The van der Waals surface area contributed by atoms with Gasteiger partial charge in [0.25, 0.3) is 0 Å². The van der Waals surface area contributed by atoms with E-state index in [9.17, 15) is 0 Å². The van der Waals surface area contributed by atoms with Crippen LogP contribution in [0.4, 0.5) is 0 Å². The van der Waals surface area contributed by atoms with E-state index in [4.69, 9.17) is 13.3 Å². The van der Waals surface area contributed by atoms with Crippen LogP contribution in [-0.2, 0) is 19.8 Å². The second-order valence-electron chi connectivity index (χ2n) is 4.01. The van der Waals surface area contributed by atoms with Crippen LogP contribution in [-0.4, -0.2) is 30.1 Å². The zero-order chi connectivity index (χ0) is 12.7. The van der Waals surface area contributed by atoms with Crippen LogP contribution in [0.1, 0.15) is 12.0 Å². The van der Waals surface area contributed by atoms with E-state index < -0.39 is 8.80 Å². The standard InChI is InChI=1S/C12H22NO3Si/c1-12-6-9-13(10-7-12)8-5-11-17(14-2,15-3)16-4/h6-7,9-10H,5,8,11H2,1-4H3/q+1. The molecule has 0 spiro atoms. The lowest BCUT2D eigenvalue weighted by Gasteiger charge is -2.23. The molecule has 1 heterocycles. The highest BCUT2D eigenvalue weighted by atomic mass is 28.4. The van der Waals surface area contributed by atoms with E-state index in [-0.39, 0.29) is 0 Å². The van der Waals surface area contributed by atoms with Crippen molar-refractivity contribution in [1.82, 2.24) is 0 Å². The van der Waals surface area contributed by atoms with Crippen molar-refractivity contribution < 1.29 is 17.8 Å². The molecule has 0 aliphatic heterocycles. The molecule has 1 aromatic heterocycles. The summed E-state index contributed by atoms with van der Waals surface area (Å²) in [5.41, 5.74) is 1.27. The minimum atomic E-state index is -2.40. The van der Waals surface area contributed by atoms with E-state index in [2.05, 4.69) is 36.0 Å². The summed E-state index contributed by atoms with van der Waals surface area (Å²) in [5, 5.41) is 0. The maximum absolute atomic E-state index is 5.38. The fourth-order valence-corrected chi connectivity index (χ4v) is 3.42. The number of rotatable bonds is 7. The molecule has 0 saturated heterocycles. The average Bonchev–Trinajstić information content (AvgIpc) is 2.38. The van der Waals surface area contributed by atoms with Gasteiger partial charge in [-0.2, -0.15) is 0 Å². The van der Waals surface area contributed by atoms with Gasteiger partial charge >= 0.3 is 8.80 Å². The van der Waals surface area contributed by atoms with Crippen molar-refractivity contribution in [3.8, 4) is 0 Å². The number of aromatic nitrogens is 1. The lowest BCUT2D eigenvalue weighted by atomic mass is 10.3. The zero-order valence-corrected chi connectivity index (χ0v) is 12.1. The van der Waals surface area contributed by atoms with Crippen molar-refractivity contribution >= 4 is 8.80 Å². The van der Waals surface area contributed by atoms with Crippen LogP contribution in [0.15, 0.2) is 24.5 Å². The molecule has 0 saturated carbocycles. The minimum Gasteiger partial charge on any atom is -0.377 e. The van der Waals surface area contributed by atoms with Gasteiger partial charge < -0.3 is 13.3 Å². The predicted octanol–water partition coefficient (Wildman–Crippen LogP) is 1.55. The molecule has 0 unspecified atom stereocenters. The van der Waals surface area contributed by atoms with Gasteiger partial charge in [0.15, 0.2) is 12.4 Å². The third-order valence-corrected chi connectivity index (χ3v) is 5.72. The van der Waals surface area contributed by atoms with Gasteiger partial charge in [0.1, 0.15) is 6.54 Å². The highest BCUT2D eigenvalue weighted by molar-refractivity contribution is 6.60. The molecule has 1 aromatic rings. The van der Waals surface area contributed by atoms with Crippen molar-refractivity contribution in [1.29, 1.82) is 0 Å². The van der Waals surface area contributed by atoms with Crippen LogP contribution in [0.3, 0.4) is 0 Å². The predicted molar refractivity (Wildman–Crippen MR) is 67.6 cm³/mol. The van der Waals surface area contributed by atoms with Gasteiger partial charge in [0.05, 0.1) is 0 Å². The fraction of sp³-hybridized carbons (Fsp3) is 0.583. The Labute approximate surface area is 105 Å². The number of hydrogen-bond acceptors (Lipinski definition) is 3. The summed E-state index contributed by atoms with van der Waals surface area (Å²) >= 11 is 0. The first-order valence-corrected chi connectivity index (χ1v) is 7.70. The Balaban J connectivity index is 2.43. The third-order valence-electron chi connectivity index (χ3n) is 2.89. The molecule has 96 valence electrons. The van der Waals surface area contributed by atoms with Crippen LogP contribution in [0.2, 0.25) is 6.04 Å². The van der Waals surface area contributed by atoms with Gasteiger partial charge in [-0.25, -0.2) is 4.57 Å². The summed E-state index contributed by atoms with van der Waals surface area (Å²) in [7, 11) is 2.56. The largest absolute Gasteiger partial charge is 0.500 e. The van der Waals surface area contributed by atoms with E-state index in [1.165, 1.54) is 5.56 Å². The molecule has 0 fully saturated rings. The molecular weight excluding hydrogens is 234 g/mol. The van der Waals surface area contributed by atoms with Crippen molar-refractivity contribution in [2.75, 3.05) is 21.3 Å². The monoisotopic (exact) mass is 256 g/mol. The normalized spacial score (nSPS) is 11.8. The Bertz CT molecular complexity index is 317. The van der Waals surface area contributed by atoms with E-state index in [1.807, 2.05) is 0 Å². The SMILES string of the molecule is CO[Si](CCC[n+]1ccc(C)cc1)(OC)OC. The number of nitrogens with zero attached hydrogens (tertiary/aromatic N) is 1. The number of aryl methyl sites for hydroxylation is 2. The molecule has 0 aliphatic carbocycles. The summed E-state index contributed by atoms with van der Waals surface area (Å²) in [6.45, 7) is 3.04. The van der Waals surface area contributed by atoms with Crippen LogP contribution < -0.4 is 4.57 Å². The molecule has 4 nitrogen and oxygen atoms in total. The Hall–Kier alpha value is -0.753. The minimum absolute atomic E-state index is 0.831. The van der Waals surface area contributed by atoms with Gasteiger partial charge in [0.2, 0.25) is 0 Å². The summed E-state index contributed by atoms with van der Waals surface area (Å²) in [5.74, 6) is 0. The third kappa shape index (κ3) is 4.20. The first-order chi connectivity index (χ1) is 8.15. The quantitative estimate of drug-likeness (QED) is 0.548. The average molecular weight is 256 g/mol. The molecule has 5 heteroatoms. The fourth-order valence-electron chi connectivity index (χ4n) is 1.72. The second-order valence-corrected chi connectivity index (χ2v) is 7.10. The lowest BCUT2D eigenvalue weighted by Crippen LogP contribution is -2.44. The summed E-state index contributed by atoms with van der Waals surface area (Å²) in [6, 6.07) is 5.04. The topological polar surface area (TPSA) is 31.6 Å². The van der Waals surface area contributed by atoms with Gasteiger partial charge in [0, 0.05) is 45.9 Å². The van der Waals surface area contributed by atoms with Crippen LogP contribution in [0.5, 0.6) is 0 Å². The highest BCUT2D eigenvalue weighted by Gasteiger charge is 2.37. The van der Waals surface area contributed by atoms with E-state index in [1.54, 1.807) is 21.3 Å². The molecule has 0 aromatic carbocycles. The number of hydrogen-bond donors (Lipinski definition) is 0. The second kappa shape index (κ2) is 6.86. The van der Waals surface area contributed by atoms with Crippen molar-refractivity contribution in [3.63, 3.8) is 0 Å².